The number of aromatic nitrogens is 3. The van der Waals surface area contributed by atoms with Crippen molar-refractivity contribution in [2.75, 3.05) is 13.1 Å². The molecule has 0 amide bonds. The largest absolute Gasteiger partial charge is 0.298 e. The van der Waals surface area contributed by atoms with Gasteiger partial charge in [0.05, 0.1) is 11.7 Å². The van der Waals surface area contributed by atoms with Crippen molar-refractivity contribution < 1.29 is 0 Å². The van der Waals surface area contributed by atoms with Gasteiger partial charge in [0.25, 0.3) is 0 Å². The molecule has 3 heterocycles. The number of piperidine rings is 1. The lowest BCUT2D eigenvalue weighted by Crippen LogP contribution is -2.34. The number of fused-ring (bicyclic) bond motifs is 1. The van der Waals surface area contributed by atoms with Gasteiger partial charge in [-0.1, -0.05) is 12.1 Å². The van der Waals surface area contributed by atoms with E-state index in [1.165, 1.54) is 41.6 Å². The number of hydrogen-bond donors (Lipinski definition) is 1. The fraction of sp³-hybridized carbons (Fsp3) is 0.368. The van der Waals surface area contributed by atoms with Crippen LogP contribution in [0.2, 0.25) is 0 Å². The molecule has 1 N–H and O–H groups in total. The van der Waals surface area contributed by atoms with Crippen molar-refractivity contribution in [1.29, 1.82) is 0 Å². The first-order valence-electron chi connectivity index (χ1n) is 8.35. The topological polar surface area (TPSA) is 44.8 Å². The molecule has 4 heteroatoms. The number of rotatable bonds is 3. The number of H-pyrrole nitrogens is 1. The Kier molecular flexibility index (Phi) is 3.83. The first-order valence-corrected chi connectivity index (χ1v) is 8.35. The van der Waals surface area contributed by atoms with E-state index < -0.39 is 0 Å². The Labute approximate surface area is 136 Å². The van der Waals surface area contributed by atoms with Crippen LogP contribution in [-0.4, -0.2) is 33.2 Å². The highest BCUT2D eigenvalue weighted by atomic mass is 15.1. The van der Waals surface area contributed by atoms with Crippen molar-refractivity contribution >= 4 is 10.9 Å². The van der Waals surface area contributed by atoms with Gasteiger partial charge in [-0.15, -0.1) is 0 Å². The van der Waals surface area contributed by atoms with Crippen LogP contribution in [0.25, 0.3) is 10.9 Å². The summed E-state index contributed by atoms with van der Waals surface area (Å²) in [5, 5.41) is 8.61. The minimum atomic E-state index is 0.577. The van der Waals surface area contributed by atoms with Crippen LogP contribution in [-0.2, 0) is 6.54 Å². The highest BCUT2D eigenvalue weighted by molar-refractivity contribution is 5.78. The van der Waals surface area contributed by atoms with Crippen LogP contribution in [0.4, 0.5) is 0 Å². The van der Waals surface area contributed by atoms with E-state index in [4.69, 9.17) is 0 Å². The maximum atomic E-state index is 4.40. The monoisotopic (exact) mass is 306 g/mol. The molecule has 1 atom stereocenters. The van der Waals surface area contributed by atoms with E-state index >= 15 is 0 Å². The zero-order valence-electron chi connectivity index (χ0n) is 13.5. The van der Waals surface area contributed by atoms with E-state index in [0.717, 1.165) is 18.6 Å². The lowest BCUT2D eigenvalue weighted by atomic mass is 9.92. The smallest absolute Gasteiger partial charge is 0.0702 e. The summed E-state index contributed by atoms with van der Waals surface area (Å²) in [4.78, 5) is 6.96. The number of nitrogens with one attached hydrogen (secondary N) is 1. The summed E-state index contributed by atoms with van der Waals surface area (Å²) in [5.74, 6) is 0.577. The third-order valence-electron chi connectivity index (χ3n) is 4.86. The Morgan fingerprint density at radius 1 is 1.30 bits per heavy atom. The summed E-state index contributed by atoms with van der Waals surface area (Å²) in [6.45, 7) is 5.44. The first-order chi connectivity index (χ1) is 11.3. The summed E-state index contributed by atoms with van der Waals surface area (Å²) in [6.07, 6.45) is 6.29. The number of hydrogen-bond acceptors (Lipinski definition) is 3. The zero-order chi connectivity index (χ0) is 15.6. The Hall–Kier alpha value is -2.20. The van der Waals surface area contributed by atoms with Crippen molar-refractivity contribution in [3.8, 4) is 0 Å². The van der Waals surface area contributed by atoms with Gasteiger partial charge in [-0.2, -0.15) is 5.10 Å². The quantitative estimate of drug-likeness (QED) is 0.803. The molecule has 3 aromatic rings. The van der Waals surface area contributed by atoms with E-state index in [9.17, 15) is 0 Å². The Morgan fingerprint density at radius 3 is 3.13 bits per heavy atom. The van der Waals surface area contributed by atoms with Crippen molar-refractivity contribution in [1.82, 2.24) is 20.1 Å². The second-order valence-electron chi connectivity index (χ2n) is 6.57. The van der Waals surface area contributed by atoms with Gasteiger partial charge in [0.15, 0.2) is 0 Å². The minimum Gasteiger partial charge on any atom is -0.298 e. The van der Waals surface area contributed by atoms with Crippen LogP contribution in [0.5, 0.6) is 0 Å². The highest BCUT2D eigenvalue weighted by Crippen LogP contribution is 2.28. The third kappa shape index (κ3) is 2.99. The number of aryl methyl sites for hydroxylation is 1. The fourth-order valence-corrected chi connectivity index (χ4v) is 3.69. The highest BCUT2D eigenvalue weighted by Gasteiger charge is 2.23. The molecular formula is C19H22N4. The summed E-state index contributed by atoms with van der Waals surface area (Å²) in [7, 11) is 0. The standard InChI is InChI=1S/C19H22N4/c1-14-11-21-22-19(14)17-5-3-9-23(13-17)12-15-6-7-18-16(10-15)4-2-8-20-18/h2,4,6-8,10-11,17H,3,5,9,12-13H2,1H3,(H,21,22)/t17-/m0/s1. The maximum absolute atomic E-state index is 4.40. The summed E-state index contributed by atoms with van der Waals surface area (Å²) >= 11 is 0. The lowest BCUT2D eigenvalue weighted by molar-refractivity contribution is 0.198. The minimum absolute atomic E-state index is 0.577. The number of aromatic amines is 1. The summed E-state index contributed by atoms with van der Waals surface area (Å²) in [6, 6.07) is 10.8. The Balaban J connectivity index is 1.50. The van der Waals surface area contributed by atoms with Crippen molar-refractivity contribution in [3.63, 3.8) is 0 Å². The molecule has 4 nitrogen and oxygen atoms in total. The maximum Gasteiger partial charge on any atom is 0.0702 e. The van der Waals surface area contributed by atoms with E-state index in [1.54, 1.807) is 0 Å². The lowest BCUT2D eigenvalue weighted by Gasteiger charge is -2.32. The molecule has 0 radical (unpaired) electrons. The van der Waals surface area contributed by atoms with E-state index in [-0.39, 0.29) is 0 Å². The third-order valence-corrected chi connectivity index (χ3v) is 4.86. The average Bonchev–Trinajstić information content (AvgIpc) is 3.01. The van der Waals surface area contributed by atoms with Crippen LogP contribution in [0.1, 0.15) is 35.6 Å². The molecule has 0 bridgehead atoms. The molecule has 1 aromatic carbocycles. The summed E-state index contributed by atoms with van der Waals surface area (Å²) < 4.78 is 0. The molecule has 4 rings (SSSR count). The molecule has 2 aromatic heterocycles. The molecule has 118 valence electrons. The van der Waals surface area contributed by atoms with Gasteiger partial charge in [-0.05, 0) is 55.6 Å². The molecule has 0 saturated carbocycles. The van der Waals surface area contributed by atoms with Gasteiger partial charge in [-0.25, -0.2) is 0 Å². The van der Waals surface area contributed by atoms with Gasteiger partial charge in [0, 0.05) is 36.3 Å². The number of benzene rings is 1. The predicted octanol–water partition coefficient (Wildman–Crippen LogP) is 3.65. The number of nitrogens with zero attached hydrogens (tertiary/aromatic N) is 3. The Morgan fingerprint density at radius 2 is 2.26 bits per heavy atom. The molecule has 1 aliphatic heterocycles. The molecule has 1 aliphatic rings. The second-order valence-corrected chi connectivity index (χ2v) is 6.57. The second kappa shape index (κ2) is 6.13. The molecule has 23 heavy (non-hydrogen) atoms. The van der Waals surface area contributed by atoms with Crippen LogP contribution >= 0.6 is 0 Å². The molecule has 0 aliphatic carbocycles. The molecule has 0 unspecified atom stereocenters. The van der Waals surface area contributed by atoms with Gasteiger partial charge >= 0.3 is 0 Å². The van der Waals surface area contributed by atoms with Crippen molar-refractivity contribution in [3.05, 3.63) is 59.5 Å². The SMILES string of the molecule is Cc1cn[nH]c1[C@H]1CCCN(Cc2ccc3ncccc3c2)C1. The van der Waals surface area contributed by atoms with Crippen LogP contribution in [0.3, 0.4) is 0 Å². The number of likely N-dealkylation sites (tertiary alicyclic amines) is 1. The van der Waals surface area contributed by atoms with Crippen LogP contribution < -0.4 is 0 Å². The zero-order valence-corrected chi connectivity index (χ0v) is 13.5. The fourth-order valence-electron chi connectivity index (χ4n) is 3.69. The van der Waals surface area contributed by atoms with Crippen molar-refractivity contribution in [2.24, 2.45) is 0 Å². The van der Waals surface area contributed by atoms with E-state index in [1.807, 2.05) is 18.5 Å². The van der Waals surface area contributed by atoms with Crippen LogP contribution in [0, 0.1) is 6.92 Å². The van der Waals surface area contributed by atoms with Gasteiger partial charge in [-0.3, -0.25) is 15.0 Å². The number of pyridine rings is 1. The molecule has 1 fully saturated rings. The Bertz CT molecular complexity index is 808. The molecule has 0 spiro atoms. The van der Waals surface area contributed by atoms with Gasteiger partial charge in [0.2, 0.25) is 0 Å². The van der Waals surface area contributed by atoms with Crippen LogP contribution in [0.15, 0.2) is 42.7 Å². The molecular weight excluding hydrogens is 284 g/mol. The first kappa shape index (κ1) is 14.4. The van der Waals surface area contributed by atoms with Gasteiger partial charge in [0.1, 0.15) is 0 Å². The van der Waals surface area contributed by atoms with Gasteiger partial charge < -0.3 is 0 Å². The van der Waals surface area contributed by atoms with E-state index in [2.05, 4.69) is 51.3 Å². The normalized spacial score (nSPS) is 19.3. The van der Waals surface area contributed by atoms with E-state index in [0.29, 0.717) is 5.92 Å². The molecule has 1 saturated heterocycles. The average molecular weight is 306 g/mol. The van der Waals surface area contributed by atoms with Crippen molar-refractivity contribution in [2.45, 2.75) is 32.2 Å². The summed E-state index contributed by atoms with van der Waals surface area (Å²) in [5.41, 5.74) is 5.04. The predicted molar refractivity (Wildman–Crippen MR) is 92.3 cm³/mol.